The second-order valence-corrected chi connectivity index (χ2v) is 7.73. The Hall–Kier alpha value is -2.31. The summed E-state index contributed by atoms with van der Waals surface area (Å²) in [4.78, 5) is 25.4. The zero-order valence-electron chi connectivity index (χ0n) is 16.6. The number of pyridine rings is 1. The lowest BCUT2D eigenvalue weighted by Crippen LogP contribution is -2.50. The van der Waals surface area contributed by atoms with Crippen molar-refractivity contribution in [2.24, 2.45) is 10.4 Å². The van der Waals surface area contributed by atoms with E-state index in [1.807, 2.05) is 32.3 Å². The average molecular weight is 374 g/mol. The summed E-state index contributed by atoms with van der Waals surface area (Å²) in [5.74, 6) is 1.73. The van der Waals surface area contributed by atoms with Crippen LogP contribution >= 0.6 is 0 Å². The number of guanidine groups is 1. The average Bonchev–Trinajstić information content (AvgIpc) is 3.33. The molecule has 1 saturated heterocycles. The number of hydrogen-bond donors (Lipinski definition) is 1. The van der Waals surface area contributed by atoms with E-state index in [2.05, 4.69) is 20.2 Å². The third kappa shape index (κ3) is 4.51. The highest BCUT2D eigenvalue weighted by atomic mass is 16.5. The highest BCUT2D eigenvalue weighted by molar-refractivity contribution is 5.85. The van der Waals surface area contributed by atoms with Gasteiger partial charge >= 0.3 is 0 Å². The van der Waals surface area contributed by atoms with Crippen LogP contribution in [0.25, 0.3) is 0 Å². The van der Waals surface area contributed by atoms with Crippen molar-refractivity contribution in [3.05, 3.63) is 24.4 Å². The molecule has 7 nitrogen and oxygen atoms in total. The summed E-state index contributed by atoms with van der Waals surface area (Å²) in [6.07, 6.45) is 6.89. The Morgan fingerprint density at radius 2 is 2.19 bits per heavy atom. The van der Waals surface area contributed by atoms with Crippen molar-refractivity contribution in [1.82, 2.24) is 20.1 Å². The van der Waals surface area contributed by atoms with E-state index < -0.39 is 0 Å². The molecular formula is C20H31N5O2. The number of carbonyl (C=O) groups excluding carboxylic acids is 1. The monoisotopic (exact) mass is 373 g/mol. The molecule has 3 rings (SSSR count). The molecule has 148 valence electrons. The maximum atomic E-state index is 12.7. The quantitative estimate of drug-likeness (QED) is 0.629. The Labute approximate surface area is 161 Å². The van der Waals surface area contributed by atoms with Crippen molar-refractivity contribution >= 4 is 11.9 Å². The van der Waals surface area contributed by atoms with Crippen LogP contribution in [0.15, 0.2) is 29.4 Å². The number of aromatic nitrogens is 1. The zero-order valence-corrected chi connectivity index (χ0v) is 16.6. The maximum Gasteiger partial charge on any atom is 0.230 e. The molecule has 2 heterocycles. The van der Waals surface area contributed by atoms with Gasteiger partial charge in [-0.25, -0.2) is 4.98 Å². The molecular weight excluding hydrogens is 342 g/mol. The van der Waals surface area contributed by atoms with Gasteiger partial charge in [0, 0.05) is 52.9 Å². The maximum absolute atomic E-state index is 12.7. The fraction of sp³-hybridized carbons (Fsp3) is 0.650. The first kappa shape index (κ1) is 19.5. The first-order valence-corrected chi connectivity index (χ1v) is 9.79. The highest BCUT2D eigenvalue weighted by Gasteiger charge is 2.42. The van der Waals surface area contributed by atoms with Gasteiger partial charge in [0.2, 0.25) is 11.8 Å². The van der Waals surface area contributed by atoms with E-state index in [1.54, 1.807) is 18.1 Å². The zero-order chi connectivity index (χ0) is 19.3. The van der Waals surface area contributed by atoms with E-state index in [-0.39, 0.29) is 17.4 Å². The van der Waals surface area contributed by atoms with Gasteiger partial charge in [0.1, 0.15) is 6.10 Å². The van der Waals surface area contributed by atoms with Crippen molar-refractivity contribution in [3.8, 4) is 5.88 Å². The standard InChI is InChI=1S/C20H31N5O2/c1-21-19(23-15-20(10-5-6-11-20)18(26)24(2)3)25-13-9-16(14-25)27-17-8-4-7-12-22-17/h4,7-8,12,16H,5-6,9-11,13-15H2,1-3H3,(H,21,23). The van der Waals surface area contributed by atoms with Gasteiger partial charge in [0.05, 0.1) is 12.0 Å². The lowest BCUT2D eigenvalue weighted by atomic mass is 9.84. The second-order valence-electron chi connectivity index (χ2n) is 7.73. The van der Waals surface area contributed by atoms with E-state index >= 15 is 0 Å². The Balaban J connectivity index is 1.57. The van der Waals surface area contributed by atoms with Gasteiger partial charge in [-0.2, -0.15) is 0 Å². The number of ether oxygens (including phenoxy) is 1. The van der Waals surface area contributed by atoms with Gasteiger partial charge in [-0.05, 0) is 18.9 Å². The van der Waals surface area contributed by atoms with Crippen LogP contribution < -0.4 is 10.1 Å². The molecule has 1 aliphatic heterocycles. The second kappa shape index (κ2) is 8.59. The normalized spacial score (nSPS) is 22.0. The van der Waals surface area contributed by atoms with Crippen LogP contribution in [0.2, 0.25) is 0 Å². The fourth-order valence-electron chi connectivity index (χ4n) is 4.18. The van der Waals surface area contributed by atoms with E-state index in [0.29, 0.717) is 12.4 Å². The molecule has 1 atom stereocenters. The number of nitrogens with one attached hydrogen (secondary N) is 1. The van der Waals surface area contributed by atoms with Crippen LogP contribution in [-0.4, -0.2) is 73.5 Å². The number of carbonyl (C=O) groups is 1. The van der Waals surface area contributed by atoms with Gasteiger partial charge in [0.25, 0.3) is 0 Å². The summed E-state index contributed by atoms with van der Waals surface area (Å²) < 4.78 is 5.97. The molecule has 2 fully saturated rings. The van der Waals surface area contributed by atoms with Gasteiger partial charge in [-0.1, -0.05) is 18.9 Å². The van der Waals surface area contributed by atoms with Crippen molar-refractivity contribution < 1.29 is 9.53 Å². The molecule has 1 N–H and O–H groups in total. The summed E-state index contributed by atoms with van der Waals surface area (Å²) in [7, 11) is 5.48. The molecule has 0 spiro atoms. The van der Waals surface area contributed by atoms with Crippen molar-refractivity contribution in [1.29, 1.82) is 0 Å². The molecule has 1 saturated carbocycles. The van der Waals surface area contributed by atoms with Crippen molar-refractivity contribution in [2.45, 2.75) is 38.2 Å². The number of likely N-dealkylation sites (tertiary alicyclic amines) is 1. The molecule has 1 amide bonds. The number of rotatable bonds is 5. The minimum absolute atomic E-state index is 0.0993. The number of hydrogen-bond acceptors (Lipinski definition) is 4. The third-order valence-electron chi connectivity index (χ3n) is 5.59. The smallest absolute Gasteiger partial charge is 0.230 e. The van der Waals surface area contributed by atoms with Gasteiger partial charge in [-0.3, -0.25) is 9.79 Å². The molecule has 1 unspecified atom stereocenters. The first-order valence-electron chi connectivity index (χ1n) is 9.79. The van der Waals surface area contributed by atoms with Crippen LogP contribution in [0.3, 0.4) is 0 Å². The first-order chi connectivity index (χ1) is 13.0. The number of aliphatic imine (C=N–C) groups is 1. The van der Waals surface area contributed by atoms with E-state index in [0.717, 1.165) is 51.2 Å². The topological polar surface area (TPSA) is 70.1 Å². The van der Waals surface area contributed by atoms with Crippen LogP contribution in [0, 0.1) is 5.41 Å². The Bertz CT molecular complexity index is 656. The van der Waals surface area contributed by atoms with Gasteiger partial charge in [0.15, 0.2) is 5.96 Å². The lowest BCUT2D eigenvalue weighted by Gasteiger charge is -2.32. The molecule has 7 heteroatoms. The molecule has 1 aromatic rings. The highest BCUT2D eigenvalue weighted by Crippen LogP contribution is 2.39. The fourth-order valence-corrected chi connectivity index (χ4v) is 4.18. The van der Waals surface area contributed by atoms with E-state index in [1.165, 1.54) is 0 Å². The molecule has 0 bridgehead atoms. The van der Waals surface area contributed by atoms with E-state index in [4.69, 9.17) is 4.74 Å². The van der Waals surface area contributed by atoms with Crippen LogP contribution in [0.4, 0.5) is 0 Å². The lowest BCUT2D eigenvalue weighted by molar-refractivity contribution is -0.138. The summed E-state index contributed by atoms with van der Waals surface area (Å²) in [6.45, 7) is 2.29. The number of nitrogens with zero attached hydrogens (tertiary/aromatic N) is 4. The summed E-state index contributed by atoms with van der Waals surface area (Å²) >= 11 is 0. The summed E-state index contributed by atoms with van der Waals surface area (Å²) in [5.41, 5.74) is -0.303. The van der Waals surface area contributed by atoms with Gasteiger partial charge in [-0.15, -0.1) is 0 Å². The van der Waals surface area contributed by atoms with Crippen LogP contribution in [0.1, 0.15) is 32.1 Å². The Kier molecular flexibility index (Phi) is 6.19. The largest absolute Gasteiger partial charge is 0.472 e. The SMILES string of the molecule is CN=C(NCC1(C(=O)N(C)C)CCCC1)N1CCC(Oc2ccccn2)C1. The van der Waals surface area contributed by atoms with Crippen LogP contribution in [-0.2, 0) is 4.79 Å². The Morgan fingerprint density at radius 3 is 2.81 bits per heavy atom. The molecule has 2 aliphatic rings. The van der Waals surface area contributed by atoms with Crippen molar-refractivity contribution in [3.63, 3.8) is 0 Å². The molecule has 0 aromatic carbocycles. The Morgan fingerprint density at radius 1 is 1.41 bits per heavy atom. The molecule has 0 radical (unpaired) electrons. The summed E-state index contributed by atoms with van der Waals surface area (Å²) in [5, 5.41) is 3.47. The summed E-state index contributed by atoms with van der Waals surface area (Å²) in [6, 6.07) is 5.69. The van der Waals surface area contributed by atoms with Crippen LogP contribution in [0.5, 0.6) is 5.88 Å². The third-order valence-corrected chi connectivity index (χ3v) is 5.59. The van der Waals surface area contributed by atoms with Crippen molar-refractivity contribution in [2.75, 3.05) is 40.8 Å². The predicted molar refractivity (Wildman–Crippen MR) is 106 cm³/mol. The minimum atomic E-state index is -0.303. The molecule has 27 heavy (non-hydrogen) atoms. The molecule has 1 aromatic heterocycles. The number of amides is 1. The van der Waals surface area contributed by atoms with E-state index in [9.17, 15) is 4.79 Å². The minimum Gasteiger partial charge on any atom is -0.472 e. The van der Waals surface area contributed by atoms with Gasteiger partial charge < -0.3 is 19.9 Å². The predicted octanol–water partition coefficient (Wildman–Crippen LogP) is 1.76. The molecule has 1 aliphatic carbocycles.